The highest BCUT2D eigenvalue weighted by Crippen LogP contribution is 2.31. The normalized spacial score (nSPS) is 20.3. The number of hydrogen-bond acceptors (Lipinski definition) is 3. The average Bonchev–Trinajstić information content (AvgIpc) is 2.82. The van der Waals surface area contributed by atoms with Gasteiger partial charge in [0.2, 0.25) is 0 Å². The molecule has 0 atom stereocenters. The van der Waals surface area contributed by atoms with E-state index in [-0.39, 0.29) is 11.5 Å². The van der Waals surface area contributed by atoms with Crippen molar-refractivity contribution in [3.63, 3.8) is 0 Å². The molecule has 0 unspecified atom stereocenters. The summed E-state index contributed by atoms with van der Waals surface area (Å²) in [5, 5.41) is 9.24. The number of carbonyl (C=O) groups is 2. The predicted octanol–water partition coefficient (Wildman–Crippen LogP) is 4.44. The first-order valence-electron chi connectivity index (χ1n) is 9.34. The van der Waals surface area contributed by atoms with Gasteiger partial charge in [-0.2, -0.15) is 0 Å². The third kappa shape index (κ3) is 4.17. The zero-order chi connectivity index (χ0) is 18.0. The summed E-state index contributed by atoms with van der Waals surface area (Å²) in [7, 11) is 0. The minimum absolute atomic E-state index is 0.164. The molecule has 0 amide bonds. The Balaban J connectivity index is 1.86. The van der Waals surface area contributed by atoms with E-state index < -0.39 is 5.97 Å². The van der Waals surface area contributed by atoms with Crippen molar-refractivity contribution in [2.75, 3.05) is 0 Å². The summed E-state index contributed by atoms with van der Waals surface area (Å²) in [6.07, 6.45) is 7.83. The average molecular weight is 341 g/mol. The minimum Gasteiger partial charge on any atom is -0.478 e. The van der Waals surface area contributed by atoms with Crippen LogP contribution >= 0.6 is 0 Å². The Morgan fingerprint density at radius 3 is 2.48 bits per heavy atom. The van der Waals surface area contributed by atoms with Crippen molar-refractivity contribution in [3.05, 3.63) is 34.9 Å². The quantitative estimate of drug-likeness (QED) is 0.823. The molecule has 0 saturated heterocycles. The number of fused-ring (bicyclic) bond motifs is 1. The van der Waals surface area contributed by atoms with Crippen LogP contribution in [0.15, 0.2) is 23.2 Å². The second-order valence-electron chi connectivity index (χ2n) is 8.06. The molecule has 1 aromatic rings. The maximum absolute atomic E-state index is 12.8. The zero-order valence-corrected chi connectivity index (χ0v) is 15.2. The van der Waals surface area contributed by atoms with Crippen molar-refractivity contribution in [2.24, 2.45) is 10.9 Å². The van der Waals surface area contributed by atoms with Gasteiger partial charge in [0.15, 0.2) is 0 Å². The van der Waals surface area contributed by atoms with E-state index in [0.29, 0.717) is 24.2 Å². The molecule has 1 fully saturated rings. The number of ketones is 1. The van der Waals surface area contributed by atoms with E-state index in [9.17, 15) is 14.7 Å². The molecular formula is C21H27NO3. The number of hydrogen-bond donors (Lipinski definition) is 1. The minimum atomic E-state index is -0.917. The third-order valence-electron chi connectivity index (χ3n) is 5.38. The molecule has 3 rings (SSSR count). The number of carboxylic acid groups (broad SMARTS) is 1. The first-order valence-corrected chi connectivity index (χ1v) is 9.34. The summed E-state index contributed by atoms with van der Waals surface area (Å²) in [5.41, 5.74) is 2.77. The molecule has 1 heterocycles. The van der Waals surface area contributed by atoms with Crippen LogP contribution in [0.1, 0.15) is 80.3 Å². The number of carboxylic acids is 1. The van der Waals surface area contributed by atoms with E-state index in [2.05, 4.69) is 0 Å². The van der Waals surface area contributed by atoms with Crippen LogP contribution in [0.25, 0.3) is 0 Å². The van der Waals surface area contributed by atoms with Crippen molar-refractivity contribution >= 4 is 17.5 Å². The molecule has 1 aromatic carbocycles. The van der Waals surface area contributed by atoms with Crippen LogP contribution in [0, 0.1) is 5.92 Å². The van der Waals surface area contributed by atoms with Crippen LogP contribution in [-0.4, -0.2) is 28.1 Å². The van der Waals surface area contributed by atoms with E-state index in [1.54, 1.807) is 12.1 Å². The highest BCUT2D eigenvalue weighted by atomic mass is 16.4. The van der Waals surface area contributed by atoms with Gasteiger partial charge in [0.25, 0.3) is 0 Å². The number of Topliss-reactive ketones (excluding diaryl/α,β-unsaturated/α-hetero) is 1. The maximum atomic E-state index is 12.8. The number of aromatic carboxylic acids is 1. The van der Waals surface area contributed by atoms with E-state index in [4.69, 9.17) is 4.99 Å². The summed E-state index contributed by atoms with van der Waals surface area (Å²) in [6, 6.07) is 5.18. The van der Waals surface area contributed by atoms with E-state index in [0.717, 1.165) is 42.5 Å². The highest BCUT2D eigenvalue weighted by molar-refractivity contribution is 6.13. The Morgan fingerprint density at radius 1 is 1.16 bits per heavy atom. The summed E-state index contributed by atoms with van der Waals surface area (Å²) in [4.78, 5) is 28.9. The molecule has 1 aliphatic carbocycles. The Hall–Kier alpha value is -1.97. The van der Waals surface area contributed by atoms with Gasteiger partial charge in [0, 0.05) is 12.3 Å². The summed E-state index contributed by atoms with van der Waals surface area (Å²) >= 11 is 0. The second-order valence-corrected chi connectivity index (χ2v) is 8.06. The van der Waals surface area contributed by atoms with Crippen molar-refractivity contribution in [3.8, 4) is 0 Å². The Labute approximate surface area is 149 Å². The summed E-state index contributed by atoms with van der Waals surface area (Å²) in [5.74, 6) is -0.456. The van der Waals surface area contributed by atoms with Crippen LogP contribution in [0.5, 0.6) is 0 Å². The molecule has 0 aromatic heterocycles. The lowest BCUT2D eigenvalue weighted by Gasteiger charge is -2.29. The van der Waals surface area contributed by atoms with E-state index >= 15 is 0 Å². The van der Waals surface area contributed by atoms with E-state index in [1.807, 2.05) is 19.9 Å². The first-order chi connectivity index (χ1) is 11.9. The molecule has 0 bridgehead atoms. The smallest absolute Gasteiger partial charge is 0.335 e. The molecule has 1 aliphatic heterocycles. The van der Waals surface area contributed by atoms with Crippen LogP contribution in [0.4, 0.5) is 0 Å². The molecule has 1 saturated carbocycles. The Bertz CT molecular complexity index is 710. The Morgan fingerprint density at radius 2 is 1.84 bits per heavy atom. The molecule has 25 heavy (non-hydrogen) atoms. The van der Waals surface area contributed by atoms with Crippen LogP contribution in [-0.2, 0) is 11.2 Å². The van der Waals surface area contributed by atoms with Gasteiger partial charge < -0.3 is 5.11 Å². The number of nitrogens with zero attached hydrogens (tertiary/aromatic N) is 1. The van der Waals surface area contributed by atoms with Crippen LogP contribution in [0.2, 0.25) is 0 Å². The standard InChI is InChI=1S/C21H27NO3/c1-21(2)13-16-11-15(20(24)25)9-10-17(16)18(22-21)12-19(23)14-7-5-3-4-6-8-14/h9-11,14H,3-8,12-13H2,1-2H3,(H,24,25). The van der Waals surface area contributed by atoms with Crippen LogP contribution in [0.3, 0.4) is 0 Å². The van der Waals surface area contributed by atoms with Gasteiger partial charge in [-0.25, -0.2) is 4.79 Å². The topological polar surface area (TPSA) is 66.7 Å². The van der Waals surface area contributed by atoms with Gasteiger partial charge in [0.1, 0.15) is 5.78 Å². The fraction of sp³-hybridized carbons (Fsp3) is 0.571. The molecule has 2 aliphatic rings. The third-order valence-corrected chi connectivity index (χ3v) is 5.38. The number of carbonyl (C=O) groups excluding carboxylic acids is 1. The molecule has 4 heteroatoms. The van der Waals surface area contributed by atoms with Crippen molar-refractivity contribution in [1.82, 2.24) is 0 Å². The largest absolute Gasteiger partial charge is 0.478 e. The number of aliphatic imine (C=N–C) groups is 1. The summed E-state index contributed by atoms with van der Waals surface area (Å²) in [6.45, 7) is 4.08. The second kappa shape index (κ2) is 7.11. The number of benzene rings is 1. The van der Waals surface area contributed by atoms with E-state index in [1.165, 1.54) is 12.8 Å². The van der Waals surface area contributed by atoms with Gasteiger partial charge in [0.05, 0.1) is 16.8 Å². The fourth-order valence-electron chi connectivity index (χ4n) is 4.13. The molecular weight excluding hydrogens is 314 g/mol. The lowest BCUT2D eigenvalue weighted by atomic mass is 9.83. The van der Waals surface area contributed by atoms with Gasteiger partial charge in [-0.1, -0.05) is 31.7 Å². The monoisotopic (exact) mass is 341 g/mol. The van der Waals surface area contributed by atoms with Gasteiger partial charge in [-0.15, -0.1) is 0 Å². The molecule has 4 nitrogen and oxygen atoms in total. The number of rotatable bonds is 4. The summed E-state index contributed by atoms with van der Waals surface area (Å²) < 4.78 is 0. The van der Waals surface area contributed by atoms with Crippen molar-refractivity contribution in [1.29, 1.82) is 0 Å². The maximum Gasteiger partial charge on any atom is 0.335 e. The van der Waals surface area contributed by atoms with Crippen LogP contribution < -0.4 is 0 Å². The first kappa shape index (κ1) is 17.8. The highest BCUT2D eigenvalue weighted by Gasteiger charge is 2.30. The lowest BCUT2D eigenvalue weighted by molar-refractivity contribution is -0.122. The predicted molar refractivity (Wildman–Crippen MR) is 98.5 cm³/mol. The Kier molecular flexibility index (Phi) is 5.07. The van der Waals surface area contributed by atoms with Gasteiger partial charge in [-0.3, -0.25) is 9.79 Å². The molecule has 0 radical (unpaired) electrons. The van der Waals surface area contributed by atoms with Gasteiger partial charge >= 0.3 is 5.97 Å². The molecule has 1 N–H and O–H groups in total. The molecule has 0 spiro atoms. The van der Waals surface area contributed by atoms with Crippen molar-refractivity contribution in [2.45, 2.75) is 70.8 Å². The van der Waals surface area contributed by atoms with Gasteiger partial charge in [-0.05, 0) is 56.4 Å². The van der Waals surface area contributed by atoms with Crippen molar-refractivity contribution < 1.29 is 14.7 Å². The molecule has 134 valence electrons. The lowest BCUT2D eigenvalue weighted by Crippen LogP contribution is -2.31. The SMILES string of the molecule is CC1(C)Cc2cc(C(=O)O)ccc2C(CC(=O)C2CCCCCC2)=N1. The fourth-order valence-corrected chi connectivity index (χ4v) is 4.13. The zero-order valence-electron chi connectivity index (χ0n) is 15.2.